The second-order valence-electron chi connectivity index (χ2n) is 7.18. The molecule has 1 unspecified atom stereocenters. The van der Waals surface area contributed by atoms with Gasteiger partial charge < -0.3 is 5.32 Å². The molecule has 0 bridgehead atoms. The van der Waals surface area contributed by atoms with E-state index in [-0.39, 0.29) is 6.04 Å². The lowest BCUT2D eigenvalue weighted by Crippen LogP contribution is -2.36. The van der Waals surface area contributed by atoms with Crippen molar-refractivity contribution in [1.29, 1.82) is 0 Å². The van der Waals surface area contributed by atoms with Crippen molar-refractivity contribution in [2.24, 2.45) is 5.92 Å². The fraction of sp³-hybridized carbons (Fsp3) is 0.273. The van der Waals surface area contributed by atoms with Gasteiger partial charge in [0.25, 0.3) is 0 Å². The summed E-state index contributed by atoms with van der Waals surface area (Å²) in [7, 11) is 0. The van der Waals surface area contributed by atoms with Crippen molar-refractivity contribution in [2.75, 3.05) is 13.1 Å². The highest BCUT2D eigenvalue weighted by Gasteiger charge is 2.28. The highest BCUT2D eigenvalue weighted by Crippen LogP contribution is 2.34. The lowest BCUT2D eigenvalue weighted by Gasteiger charge is -2.31. The van der Waals surface area contributed by atoms with Crippen LogP contribution >= 0.6 is 0 Å². The summed E-state index contributed by atoms with van der Waals surface area (Å²) in [5.41, 5.74) is 3.38. The van der Waals surface area contributed by atoms with Crippen molar-refractivity contribution < 1.29 is 0 Å². The minimum absolute atomic E-state index is 0.194. The number of fused-ring (bicyclic) bond motifs is 2. The van der Waals surface area contributed by atoms with Gasteiger partial charge in [-0.05, 0) is 59.8 Å². The van der Waals surface area contributed by atoms with E-state index in [4.69, 9.17) is 0 Å². The summed E-state index contributed by atoms with van der Waals surface area (Å²) < 4.78 is 2.14. The Morgan fingerprint density at radius 1 is 0.962 bits per heavy atom. The van der Waals surface area contributed by atoms with Crippen LogP contribution in [0.2, 0.25) is 0 Å². The van der Waals surface area contributed by atoms with Crippen molar-refractivity contribution >= 4 is 21.8 Å². The summed E-state index contributed by atoms with van der Waals surface area (Å²) in [6, 6.07) is 23.8. The van der Waals surface area contributed by atoms with E-state index in [1.165, 1.54) is 29.2 Å². The molecule has 0 spiro atoms. The predicted molar refractivity (Wildman–Crippen MR) is 105 cm³/mol. The summed E-state index contributed by atoms with van der Waals surface area (Å²) in [6.45, 7) is 2.13. The van der Waals surface area contributed by atoms with E-state index >= 15 is 0 Å². The molecule has 1 aromatic heterocycles. The van der Waals surface area contributed by atoms with Gasteiger partial charge in [0.1, 0.15) is 5.52 Å². The van der Waals surface area contributed by atoms with Crippen LogP contribution in [0.3, 0.4) is 0 Å². The van der Waals surface area contributed by atoms with Gasteiger partial charge in [0, 0.05) is 6.54 Å². The Morgan fingerprint density at radius 3 is 2.69 bits per heavy atom. The van der Waals surface area contributed by atoms with E-state index in [9.17, 15) is 0 Å². The Labute approximate surface area is 152 Å². The van der Waals surface area contributed by atoms with Gasteiger partial charge in [-0.3, -0.25) is 0 Å². The number of benzene rings is 3. The van der Waals surface area contributed by atoms with Gasteiger partial charge in [0.05, 0.1) is 11.6 Å². The van der Waals surface area contributed by atoms with Crippen molar-refractivity contribution in [3.05, 3.63) is 72.3 Å². The van der Waals surface area contributed by atoms with E-state index in [0.717, 1.165) is 24.1 Å². The summed E-state index contributed by atoms with van der Waals surface area (Å²) in [6.07, 6.45) is 2.42. The second-order valence-corrected chi connectivity index (χ2v) is 7.18. The molecular formula is C22H22N4. The first kappa shape index (κ1) is 15.5. The maximum Gasteiger partial charge on any atom is 0.113 e. The van der Waals surface area contributed by atoms with Crippen molar-refractivity contribution in [1.82, 2.24) is 20.3 Å². The first-order chi connectivity index (χ1) is 12.9. The lowest BCUT2D eigenvalue weighted by atomic mass is 9.86. The van der Waals surface area contributed by atoms with E-state index < -0.39 is 0 Å². The number of rotatable bonds is 3. The summed E-state index contributed by atoms with van der Waals surface area (Å²) >= 11 is 0. The molecule has 4 heteroatoms. The number of nitrogens with zero attached hydrogens (tertiary/aromatic N) is 3. The SMILES string of the molecule is c1ccc2cc(C([C@H]3CCCNC3)n3nnc4ccccc43)ccc2c1. The largest absolute Gasteiger partial charge is 0.316 e. The van der Waals surface area contributed by atoms with Crippen LogP contribution in [-0.4, -0.2) is 28.1 Å². The molecule has 0 amide bonds. The summed E-state index contributed by atoms with van der Waals surface area (Å²) in [4.78, 5) is 0. The highest BCUT2D eigenvalue weighted by molar-refractivity contribution is 5.83. The number of para-hydroxylation sites is 1. The smallest absolute Gasteiger partial charge is 0.113 e. The molecule has 0 radical (unpaired) electrons. The normalized spacial score (nSPS) is 19.0. The predicted octanol–water partition coefficient (Wildman–Crippen LogP) is 4.17. The zero-order valence-electron chi connectivity index (χ0n) is 14.7. The van der Waals surface area contributed by atoms with Gasteiger partial charge in [-0.25, -0.2) is 4.68 Å². The number of nitrogens with one attached hydrogen (secondary N) is 1. The van der Waals surface area contributed by atoms with Gasteiger partial charge in [0.15, 0.2) is 0 Å². The van der Waals surface area contributed by atoms with E-state index in [0.29, 0.717) is 5.92 Å². The third-order valence-electron chi connectivity index (χ3n) is 5.54. The molecule has 5 rings (SSSR count). The minimum atomic E-state index is 0.194. The van der Waals surface area contributed by atoms with Crippen molar-refractivity contribution in [2.45, 2.75) is 18.9 Å². The molecule has 1 saturated heterocycles. The molecule has 2 heterocycles. The van der Waals surface area contributed by atoms with E-state index in [2.05, 4.69) is 74.9 Å². The van der Waals surface area contributed by atoms with Crippen LogP contribution in [0.5, 0.6) is 0 Å². The number of hydrogen-bond acceptors (Lipinski definition) is 3. The highest BCUT2D eigenvalue weighted by atomic mass is 15.4. The molecule has 4 aromatic rings. The molecule has 3 aromatic carbocycles. The molecule has 2 atom stereocenters. The Bertz CT molecular complexity index is 1050. The molecule has 1 fully saturated rings. The summed E-state index contributed by atoms with van der Waals surface area (Å²) in [5.74, 6) is 0.509. The van der Waals surface area contributed by atoms with Gasteiger partial charge in [0.2, 0.25) is 0 Å². The maximum absolute atomic E-state index is 4.57. The van der Waals surface area contributed by atoms with Crippen LogP contribution in [0.4, 0.5) is 0 Å². The Balaban J connectivity index is 1.67. The molecule has 26 heavy (non-hydrogen) atoms. The van der Waals surface area contributed by atoms with Crippen LogP contribution in [0, 0.1) is 5.92 Å². The van der Waals surface area contributed by atoms with Crippen LogP contribution < -0.4 is 5.32 Å². The first-order valence-corrected chi connectivity index (χ1v) is 9.39. The van der Waals surface area contributed by atoms with Crippen molar-refractivity contribution in [3.63, 3.8) is 0 Å². The van der Waals surface area contributed by atoms with Gasteiger partial charge in [-0.15, -0.1) is 5.10 Å². The number of hydrogen-bond donors (Lipinski definition) is 1. The topological polar surface area (TPSA) is 42.7 Å². The first-order valence-electron chi connectivity index (χ1n) is 9.39. The van der Waals surface area contributed by atoms with Crippen LogP contribution in [0.1, 0.15) is 24.4 Å². The van der Waals surface area contributed by atoms with Gasteiger partial charge in [-0.2, -0.15) is 0 Å². The fourth-order valence-electron chi connectivity index (χ4n) is 4.25. The Hall–Kier alpha value is -2.72. The third-order valence-corrected chi connectivity index (χ3v) is 5.54. The zero-order chi connectivity index (χ0) is 17.3. The summed E-state index contributed by atoms with van der Waals surface area (Å²) in [5, 5.41) is 15.1. The van der Waals surface area contributed by atoms with Gasteiger partial charge >= 0.3 is 0 Å². The van der Waals surface area contributed by atoms with Crippen molar-refractivity contribution in [3.8, 4) is 0 Å². The maximum atomic E-state index is 4.57. The van der Waals surface area contributed by atoms with Gasteiger partial charge in [-0.1, -0.05) is 53.7 Å². The Morgan fingerprint density at radius 2 is 1.81 bits per heavy atom. The average molecular weight is 342 g/mol. The lowest BCUT2D eigenvalue weighted by molar-refractivity contribution is 0.283. The molecule has 1 aliphatic heterocycles. The molecule has 130 valence electrons. The van der Waals surface area contributed by atoms with E-state index in [1.54, 1.807) is 0 Å². The molecule has 4 nitrogen and oxygen atoms in total. The Kier molecular flexibility index (Phi) is 3.91. The quantitative estimate of drug-likeness (QED) is 0.607. The van der Waals surface area contributed by atoms with Crippen LogP contribution in [0.25, 0.3) is 21.8 Å². The second kappa shape index (κ2) is 6.54. The number of piperidine rings is 1. The molecular weight excluding hydrogens is 320 g/mol. The molecule has 0 aliphatic carbocycles. The minimum Gasteiger partial charge on any atom is -0.316 e. The fourth-order valence-corrected chi connectivity index (χ4v) is 4.25. The third kappa shape index (κ3) is 2.67. The molecule has 1 aliphatic rings. The van der Waals surface area contributed by atoms with Crippen LogP contribution in [0.15, 0.2) is 66.7 Å². The number of aromatic nitrogens is 3. The molecule has 1 N–H and O–H groups in total. The van der Waals surface area contributed by atoms with E-state index in [1.807, 2.05) is 12.1 Å². The zero-order valence-corrected chi connectivity index (χ0v) is 14.7. The molecule has 0 saturated carbocycles. The standard InChI is InChI=1S/C22H22N4/c1-2-7-17-14-18(12-11-16(17)6-1)22(19-8-5-13-23-15-19)26-21-10-4-3-9-20(21)24-25-26/h1-4,6-7,9-12,14,19,22-23H,5,8,13,15H2/t19-,22?/m0/s1. The van der Waals surface area contributed by atoms with Crippen LogP contribution in [-0.2, 0) is 0 Å². The average Bonchev–Trinajstić information content (AvgIpc) is 3.13. The monoisotopic (exact) mass is 342 g/mol.